The first kappa shape index (κ1) is 19.1. The number of aliphatic carboxylic acids is 1. The Kier molecular flexibility index (Phi) is 5.50. The maximum atomic E-state index is 13.0. The predicted molar refractivity (Wildman–Crippen MR) is 94.1 cm³/mol. The predicted octanol–water partition coefficient (Wildman–Crippen LogP) is 1.16. The second kappa shape index (κ2) is 7.50. The van der Waals surface area contributed by atoms with E-state index in [-0.39, 0.29) is 45.0 Å². The Morgan fingerprint density at radius 2 is 1.69 bits per heavy atom. The maximum absolute atomic E-state index is 13.0. The van der Waals surface area contributed by atoms with Gasteiger partial charge in [-0.25, -0.2) is 12.8 Å². The van der Waals surface area contributed by atoms with Gasteiger partial charge in [-0.1, -0.05) is 0 Å². The highest BCUT2D eigenvalue weighted by atomic mass is 32.2. The SMILES string of the molecule is O=C(O)C1(CS(=O)(=O)N2CCN(c3ccc(F)cc3)CC2)CCOCC1. The second-order valence-electron chi connectivity index (χ2n) is 6.82. The summed E-state index contributed by atoms with van der Waals surface area (Å²) >= 11 is 0. The summed E-state index contributed by atoms with van der Waals surface area (Å²) in [7, 11) is -3.69. The number of ether oxygens (including phenoxy) is 1. The lowest BCUT2D eigenvalue weighted by Crippen LogP contribution is -2.52. The van der Waals surface area contributed by atoms with Crippen LogP contribution in [0.4, 0.5) is 10.1 Å². The van der Waals surface area contributed by atoms with Gasteiger partial charge >= 0.3 is 5.97 Å². The van der Waals surface area contributed by atoms with Crippen LogP contribution in [0.2, 0.25) is 0 Å². The Hall–Kier alpha value is -1.71. The highest BCUT2D eigenvalue weighted by molar-refractivity contribution is 7.89. The first-order valence-corrected chi connectivity index (χ1v) is 10.2. The van der Waals surface area contributed by atoms with Crippen molar-refractivity contribution in [3.63, 3.8) is 0 Å². The van der Waals surface area contributed by atoms with E-state index in [9.17, 15) is 22.7 Å². The van der Waals surface area contributed by atoms with Crippen molar-refractivity contribution in [2.24, 2.45) is 5.41 Å². The number of nitrogens with zero attached hydrogens (tertiary/aromatic N) is 2. The summed E-state index contributed by atoms with van der Waals surface area (Å²) in [5, 5.41) is 9.59. The molecule has 9 heteroatoms. The molecule has 3 rings (SSSR count). The topological polar surface area (TPSA) is 87.1 Å². The van der Waals surface area contributed by atoms with Crippen molar-refractivity contribution in [3.05, 3.63) is 30.1 Å². The number of carboxylic acid groups (broad SMARTS) is 1. The first-order valence-electron chi connectivity index (χ1n) is 8.62. The fraction of sp³-hybridized carbons (Fsp3) is 0.588. The average molecular weight is 386 g/mol. The van der Waals surface area contributed by atoms with Crippen LogP contribution < -0.4 is 4.90 Å². The number of halogens is 1. The van der Waals surface area contributed by atoms with Gasteiger partial charge in [0.05, 0.1) is 11.2 Å². The molecule has 0 saturated carbocycles. The number of hydrogen-bond acceptors (Lipinski definition) is 5. The fourth-order valence-corrected chi connectivity index (χ4v) is 5.51. The van der Waals surface area contributed by atoms with Crippen molar-refractivity contribution in [3.8, 4) is 0 Å². The minimum atomic E-state index is -3.69. The van der Waals surface area contributed by atoms with Crippen LogP contribution >= 0.6 is 0 Å². The van der Waals surface area contributed by atoms with Gasteiger partial charge < -0.3 is 14.7 Å². The average Bonchev–Trinajstić information content (AvgIpc) is 2.63. The van der Waals surface area contributed by atoms with Gasteiger partial charge in [0.15, 0.2) is 0 Å². The molecule has 0 aromatic heterocycles. The molecule has 0 spiro atoms. The zero-order chi connectivity index (χ0) is 18.8. The number of carboxylic acids is 1. The molecule has 26 heavy (non-hydrogen) atoms. The van der Waals surface area contributed by atoms with Crippen LogP contribution in [0.3, 0.4) is 0 Å². The number of carbonyl (C=O) groups is 1. The van der Waals surface area contributed by atoms with Crippen molar-refractivity contribution >= 4 is 21.7 Å². The molecular weight excluding hydrogens is 363 g/mol. The summed E-state index contributed by atoms with van der Waals surface area (Å²) < 4.78 is 45.2. The van der Waals surface area contributed by atoms with Crippen LogP contribution in [-0.2, 0) is 19.6 Å². The lowest BCUT2D eigenvalue weighted by Gasteiger charge is -2.38. The van der Waals surface area contributed by atoms with Crippen LogP contribution in [-0.4, -0.2) is 68.9 Å². The summed E-state index contributed by atoms with van der Waals surface area (Å²) in [5.41, 5.74) is -0.430. The summed E-state index contributed by atoms with van der Waals surface area (Å²) in [5.74, 6) is -1.78. The lowest BCUT2D eigenvalue weighted by atomic mass is 9.82. The zero-order valence-electron chi connectivity index (χ0n) is 14.4. The van der Waals surface area contributed by atoms with E-state index in [1.54, 1.807) is 12.1 Å². The molecular formula is C17H23FN2O5S. The number of anilines is 1. The molecule has 2 saturated heterocycles. The highest BCUT2D eigenvalue weighted by Gasteiger charge is 2.45. The summed E-state index contributed by atoms with van der Waals surface area (Å²) in [6.45, 7) is 2.06. The quantitative estimate of drug-likeness (QED) is 0.817. The molecule has 7 nitrogen and oxygen atoms in total. The smallest absolute Gasteiger partial charge is 0.310 e. The molecule has 2 fully saturated rings. The summed E-state index contributed by atoms with van der Waals surface area (Å²) in [6.07, 6.45) is 0.411. The third-order valence-corrected chi connectivity index (χ3v) is 7.26. The Labute approximate surface area is 152 Å². The molecule has 2 heterocycles. The molecule has 0 unspecified atom stereocenters. The van der Waals surface area contributed by atoms with Gasteiger partial charge in [-0.05, 0) is 37.1 Å². The van der Waals surface area contributed by atoms with E-state index in [1.165, 1.54) is 16.4 Å². The third-order valence-electron chi connectivity index (χ3n) is 5.19. The van der Waals surface area contributed by atoms with Gasteiger partial charge in [-0.3, -0.25) is 4.79 Å². The standard InChI is InChI=1S/C17H23FN2O5S/c18-14-1-3-15(4-2-14)19-7-9-20(10-8-19)26(23,24)13-17(16(21)22)5-11-25-12-6-17/h1-4H,5-13H2,(H,21,22). The van der Waals surface area contributed by atoms with Gasteiger partial charge in [0.25, 0.3) is 0 Å². The molecule has 2 aliphatic heterocycles. The van der Waals surface area contributed by atoms with Crippen molar-refractivity contribution in [2.75, 3.05) is 50.0 Å². The van der Waals surface area contributed by atoms with E-state index in [1.807, 2.05) is 4.90 Å². The zero-order valence-corrected chi connectivity index (χ0v) is 15.3. The number of rotatable bonds is 5. The normalized spacial score (nSPS) is 21.5. The van der Waals surface area contributed by atoms with E-state index < -0.39 is 27.2 Å². The highest BCUT2D eigenvalue weighted by Crippen LogP contribution is 2.33. The Bertz CT molecular complexity index is 739. The van der Waals surface area contributed by atoms with Gasteiger partial charge in [0.2, 0.25) is 10.0 Å². The molecule has 0 bridgehead atoms. The number of sulfonamides is 1. The van der Waals surface area contributed by atoms with Crippen LogP contribution in [0.15, 0.2) is 24.3 Å². The maximum Gasteiger partial charge on any atom is 0.310 e. The molecule has 0 atom stereocenters. The van der Waals surface area contributed by atoms with E-state index in [2.05, 4.69) is 0 Å². The van der Waals surface area contributed by atoms with Crippen LogP contribution in [0.5, 0.6) is 0 Å². The van der Waals surface area contributed by atoms with Gasteiger partial charge in [0, 0.05) is 45.1 Å². The van der Waals surface area contributed by atoms with Crippen LogP contribution in [0.25, 0.3) is 0 Å². The second-order valence-corrected chi connectivity index (χ2v) is 8.79. The molecule has 1 aromatic rings. The van der Waals surface area contributed by atoms with Crippen LogP contribution in [0.1, 0.15) is 12.8 Å². The number of hydrogen-bond donors (Lipinski definition) is 1. The first-order chi connectivity index (χ1) is 12.3. The monoisotopic (exact) mass is 386 g/mol. The molecule has 144 valence electrons. The van der Waals surface area contributed by atoms with Gasteiger partial charge in [-0.2, -0.15) is 4.31 Å². The Morgan fingerprint density at radius 3 is 2.23 bits per heavy atom. The van der Waals surface area contributed by atoms with E-state index in [0.29, 0.717) is 13.1 Å². The number of piperazine rings is 1. The molecule has 1 N–H and O–H groups in total. The van der Waals surface area contributed by atoms with E-state index in [0.717, 1.165) is 5.69 Å². The third kappa shape index (κ3) is 3.99. The van der Waals surface area contributed by atoms with Crippen LogP contribution in [0, 0.1) is 11.2 Å². The molecule has 0 radical (unpaired) electrons. The van der Waals surface area contributed by atoms with Crippen molar-refractivity contribution < 1.29 is 27.4 Å². The van der Waals surface area contributed by atoms with Gasteiger partial charge in [0.1, 0.15) is 5.82 Å². The van der Waals surface area contributed by atoms with E-state index in [4.69, 9.17) is 4.74 Å². The van der Waals surface area contributed by atoms with Crippen molar-refractivity contribution in [2.45, 2.75) is 12.8 Å². The lowest BCUT2D eigenvalue weighted by molar-refractivity contribution is -0.152. The fourth-order valence-electron chi connectivity index (χ4n) is 3.50. The Balaban J connectivity index is 1.65. The minimum Gasteiger partial charge on any atom is -0.481 e. The largest absolute Gasteiger partial charge is 0.481 e. The van der Waals surface area contributed by atoms with Crippen molar-refractivity contribution in [1.29, 1.82) is 0 Å². The molecule has 1 aromatic carbocycles. The summed E-state index contributed by atoms with van der Waals surface area (Å²) in [6, 6.07) is 6.09. The van der Waals surface area contributed by atoms with Gasteiger partial charge in [-0.15, -0.1) is 0 Å². The molecule has 2 aliphatic rings. The Morgan fingerprint density at radius 1 is 1.12 bits per heavy atom. The van der Waals surface area contributed by atoms with Crippen molar-refractivity contribution in [1.82, 2.24) is 4.31 Å². The van der Waals surface area contributed by atoms with E-state index >= 15 is 0 Å². The number of benzene rings is 1. The molecule has 0 amide bonds. The molecule has 0 aliphatic carbocycles. The summed E-state index contributed by atoms with van der Waals surface area (Å²) in [4.78, 5) is 13.7. The minimum absolute atomic E-state index is 0.205.